The summed E-state index contributed by atoms with van der Waals surface area (Å²) in [5.41, 5.74) is 2.40. The Labute approximate surface area is 235 Å². The minimum Gasteiger partial charge on any atom is -0.497 e. The zero-order valence-corrected chi connectivity index (χ0v) is 23.7. The van der Waals surface area contributed by atoms with Gasteiger partial charge in [-0.15, -0.1) is 0 Å². The van der Waals surface area contributed by atoms with E-state index in [1.54, 1.807) is 48.5 Å². The van der Waals surface area contributed by atoms with E-state index >= 15 is 0 Å². The van der Waals surface area contributed by atoms with Crippen molar-refractivity contribution >= 4 is 27.3 Å². The second-order valence-corrected chi connectivity index (χ2v) is 11.8. The predicted molar refractivity (Wildman–Crippen MR) is 155 cm³/mol. The molecular formula is C28H38N6O5S. The van der Waals surface area contributed by atoms with E-state index in [9.17, 15) is 18.3 Å². The van der Waals surface area contributed by atoms with Gasteiger partial charge >= 0.3 is 0 Å². The molecule has 0 spiro atoms. The Hall–Kier alpha value is -3.61. The van der Waals surface area contributed by atoms with Crippen LogP contribution in [0.1, 0.15) is 35.7 Å². The number of hydrogen-bond donors (Lipinski definition) is 4. The van der Waals surface area contributed by atoms with Gasteiger partial charge in [0.15, 0.2) is 0 Å². The first-order chi connectivity index (χ1) is 19.3. The van der Waals surface area contributed by atoms with E-state index in [0.717, 1.165) is 17.7 Å². The van der Waals surface area contributed by atoms with Gasteiger partial charge in [0, 0.05) is 49.8 Å². The number of anilines is 2. The van der Waals surface area contributed by atoms with Gasteiger partial charge in [-0.25, -0.2) is 8.42 Å². The van der Waals surface area contributed by atoms with Crippen molar-refractivity contribution in [2.24, 2.45) is 0 Å². The van der Waals surface area contributed by atoms with Crippen molar-refractivity contribution in [1.82, 2.24) is 20.4 Å². The van der Waals surface area contributed by atoms with E-state index in [4.69, 9.17) is 4.74 Å². The SMILES string of the molecule is CCNc1cc(C(=O)N[C@@H](Cn2cccn2)[C@H](O)CNCc2cccc(OC)c2)cc(N2CCCCS2(=O)=O)c1. The standard InChI is InChI=1S/C28H38N6O5S/c1-3-30-23-15-22(16-24(17-23)34-12-4-5-13-40(34,37)38)28(36)32-26(20-33-11-7-10-31-33)27(35)19-29-18-21-8-6-9-25(14-21)39-2/h6-11,14-17,26-27,29-30,35H,3-5,12-13,18-20H2,1-2H3,(H,32,36)/t26-,27+/m0/s1. The Morgan fingerprint density at radius 2 is 2.02 bits per heavy atom. The van der Waals surface area contributed by atoms with Crippen LogP contribution in [0, 0.1) is 0 Å². The third-order valence-corrected chi connectivity index (χ3v) is 8.61. The average Bonchev–Trinajstić information content (AvgIpc) is 3.45. The average molecular weight is 571 g/mol. The number of carbonyl (C=O) groups excluding carboxylic acids is 1. The summed E-state index contributed by atoms with van der Waals surface area (Å²) in [4.78, 5) is 13.5. The summed E-state index contributed by atoms with van der Waals surface area (Å²) < 4.78 is 33.8. The molecule has 0 radical (unpaired) electrons. The number of ether oxygens (including phenoxy) is 1. The highest BCUT2D eigenvalue weighted by Crippen LogP contribution is 2.28. The van der Waals surface area contributed by atoms with E-state index in [1.165, 1.54) is 4.31 Å². The number of hydrogen-bond acceptors (Lipinski definition) is 8. The zero-order chi connectivity index (χ0) is 28.5. The fourth-order valence-electron chi connectivity index (χ4n) is 4.69. The molecule has 4 rings (SSSR count). The van der Waals surface area contributed by atoms with Crippen LogP contribution >= 0.6 is 0 Å². The first-order valence-corrected chi connectivity index (χ1v) is 15.1. The fourth-order valence-corrected chi connectivity index (χ4v) is 6.31. The van der Waals surface area contributed by atoms with Gasteiger partial charge in [-0.05, 0) is 61.7 Å². The number of amides is 1. The van der Waals surface area contributed by atoms with Crippen molar-refractivity contribution in [2.45, 2.75) is 45.0 Å². The molecule has 12 heteroatoms. The molecule has 216 valence electrons. The Morgan fingerprint density at radius 3 is 2.75 bits per heavy atom. The normalized spacial score (nSPS) is 16.2. The van der Waals surface area contributed by atoms with E-state index in [2.05, 4.69) is 21.0 Å². The van der Waals surface area contributed by atoms with Crippen LogP contribution in [0.3, 0.4) is 0 Å². The van der Waals surface area contributed by atoms with Crippen molar-refractivity contribution in [3.8, 4) is 5.75 Å². The molecule has 11 nitrogen and oxygen atoms in total. The van der Waals surface area contributed by atoms with Crippen molar-refractivity contribution in [1.29, 1.82) is 0 Å². The second kappa shape index (κ2) is 13.6. The molecule has 1 aromatic heterocycles. The Balaban J connectivity index is 1.51. The summed E-state index contributed by atoms with van der Waals surface area (Å²) in [6.45, 7) is 3.89. The molecule has 0 unspecified atom stereocenters. The lowest BCUT2D eigenvalue weighted by molar-refractivity contribution is 0.0800. The zero-order valence-electron chi connectivity index (χ0n) is 22.9. The molecule has 0 aliphatic carbocycles. The smallest absolute Gasteiger partial charge is 0.251 e. The number of rotatable bonds is 13. The summed E-state index contributed by atoms with van der Waals surface area (Å²) in [5.74, 6) is 0.417. The number of aliphatic hydroxyl groups excluding tert-OH is 1. The van der Waals surface area contributed by atoms with Gasteiger partial charge in [-0.3, -0.25) is 13.8 Å². The summed E-state index contributed by atoms with van der Waals surface area (Å²) in [5, 5.41) is 24.7. The first-order valence-electron chi connectivity index (χ1n) is 13.5. The van der Waals surface area contributed by atoms with Crippen molar-refractivity contribution < 1.29 is 23.1 Å². The van der Waals surface area contributed by atoms with E-state index in [0.29, 0.717) is 43.0 Å². The molecule has 40 heavy (non-hydrogen) atoms. The molecule has 1 fully saturated rings. The lowest BCUT2D eigenvalue weighted by atomic mass is 10.1. The number of nitrogens with one attached hydrogen (secondary N) is 3. The predicted octanol–water partition coefficient (Wildman–Crippen LogP) is 2.20. The summed E-state index contributed by atoms with van der Waals surface area (Å²) in [6.07, 6.45) is 3.85. The summed E-state index contributed by atoms with van der Waals surface area (Å²) in [7, 11) is -1.84. The van der Waals surface area contributed by atoms with Gasteiger partial charge in [-0.1, -0.05) is 12.1 Å². The third kappa shape index (κ3) is 7.74. The van der Waals surface area contributed by atoms with Gasteiger partial charge in [0.25, 0.3) is 5.91 Å². The molecule has 2 atom stereocenters. The van der Waals surface area contributed by atoms with Crippen LogP contribution in [0.25, 0.3) is 0 Å². The number of sulfonamides is 1. The molecule has 1 aliphatic heterocycles. The molecule has 1 aliphatic rings. The van der Waals surface area contributed by atoms with Gasteiger partial charge in [0.2, 0.25) is 10.0 Å². The van der Waals surface area contributed by atoms with Gasteiger partial charge in [0.1, 0.15) is 5.75 Å². The van der Waals surface area contributed by atoms with Gasteiger partial charge in [0.05, 0.1) is 37.2 Å². The van der Waals surface area contributed by atoms with Crippen LogP contribution in [-0.2, 0) is 23.1 Å². The molecule has 0 saturated carbocycles. The van der Waals surface area contributed by atoms with Crippen LogP contribution in [0.2, 0.25) is 0 Å². The molecule has 3 aromatic rings. The van der Waals surface area contributed by atoms with Crippen LogP contribution in [0.5, 0.6) is 5.75 Å². The van der Waals surface area contributed by atoms with Crippen LogP contribution in [0.15, 0.2) is 60.9 Å². The van der Waals surface area contributed by atoms with E-state index in [-0.39, 0.29) is 18.8 Å². The number of benzene rings is 2. The highest BCUT2D eigenvalue weighted by atomic mass is 32.2. The minimum absolute atomic E-state index is 0.0842. The molecule has 1 amide bonds. The number of nitrogens with zero attached hydrogens (tertiary/aromatic N) is 3. The molecule has 0 bridgehead atoms. The van der Waals surface area contributed by atoms with Crippen LogP contribution < -0.4 is 25.0 Å². The van der Waals surface area contributed by atoms with Crippen molar-refractivity contribution in [2.75, 3.05) is 42.1 Å². The third-order valence-electron chi connectivity index (χ3n) is 6.74. The van der Waals surface area contributed by atoms with Crippen LogP contribution in [0.4, 0.5) is 11.4 Å². The summed E-state index contributed by atoms with van der Waals surface area (Å²) >= 11 is 0. The van der Waals surface area contributed by atoms with E-state index < -0.39 is 28.1 Å². The second-order valence-electron chi connectivity index (χ2n) is 9.75. The maximum Gasteiger partial charge on any atom is 0.251 e. The highest BCUT2D eigenvalue weighted by molar-refractivity contribution is 7.92. The van der Waals surface area contributed by atoms with E-state index in [1.807, 2.05) is 31.2 Å². The molecule has 2 heterocycles. The minimum atomic E-state index is -3.45. The first kappa shape index (κ1) is 29.4. The molecule has 1 saturated heterocycles. The number of methoxy groups -OCH3 is 1. The monoisotopic (exact) mass is 570 g/mol. The van der Waals surface area contributed by atoms with Gasteiger partial charge in [-0.2, -0.15) is 5.10 Å². The number of carbonyl (C=O) groups is 1. The Bertz CT molecular complexity index is 1370. The van der Waals surface area contributed by atoms with Gasteiger partial charge < -0.3 is 25.8 Å². The molecular weight excluding hydrogens is 532 g/mol. The number of aromatic nitrogens is 2. The molecule has 4 N–H and O–H groups in total. The maximum absolute atomic E-state index is 13.5. The lowest BCUT2D eigenvalue weighted by Gasteiger charge is -2.29. The highest BCUT2D eigenvalue weighted by Gasteiger charge is 2.28. The largest absolute Gasteiger partial charge is 0.497 e. The van der Waals surface area contributed by atoms with Crippen molar-refractivity contribution in [3.63, 3.8) is 0 Å². The summed E-state index contributed by atoms with van der Waals surface area (Å²) in [6, 6.07) is 13.8. The topological polar surface area (TPSA) is 138 Å². The van der Waals surface area contributed by atoms with Crippen molar-refractivity contribution in [3.05, 3.63) is 72.1 Å². The Kier molecular flexibility index (Phi) is 10.0. The fraction of sp³-hybridized carbons (Fsp3) is 0.429. The molecule has 2 aromatic carbocycles. The number of aliphatic hydroxyl groups is 1. The Morgan fingerprint density at radius 1 is 1.18 bits per heavy atom. The quantitative estimate of drug-likeness (QED) is 0.246. The lowest BCUT2D eigenvalue weighted by Crippen LogP contribution is -2.49. The maximum atomic E-state index is 13.5. The van der Waals surface area contributed by atoms with Crippen LogP contribution in [-0.4, -0.2) is 73.9 Å².